The van der Waals surface area contributed by atoms with Crippen LogP contribution in [0.25, 0.3) is 0 Å². The minimum atomic E-state index is 0.491. The third-order valence-corrected chi connectivity index (χ3v) is 5.21. The summed E-state index contributed by atoms with van der Waals surface area (Å²) in [6, 6.07) is 19.6. The molecular formula is C22H19BrClNO3. The van der Waals surface area contributed by atoms with Crippen LogP contribution in [0, 0.1) is 0 Å². The summed E-state index contributed by atoms with van der Waals surface area (Å²) < 4.78 is 18.0. The van der Waals surface area contributed by atoms with E-state index < -0.39 is 0 Å². The molecule has 28 heavy (non-hydrogen) atoms. The molecule has 1 heterocycles. The fraction of sp³-hybridized carbons (Fsp3) is 0.182. The third kappa shape index (κ3) is 4.72. The van der Waals surface area contributed by atoms with Crippen molar-refractivity contribution >= 4 is 33.2 Å². The highest BCUT2D eigenvalue weighted by atomic mass is 79.9. The molecule has 1 aliphatic heterocycles. The Morgan fingerprint density at radius 2 is 1.64 bits per heavy atom. The third-order valence-electron chi connectivity index (χ3n) is 4.34. The fourth-order valence-electron chi connectivity index (χ4n) is 2.87. The van der Waals surface area contributed by atoms with Gasteiger partial charge >= 0.3 is 0 Å². The Hall–Kier alpha value is -2.37. The van der Waals surface area contributed by atoms with Crippen LogP contribution in [-0.4, -0.2) is 13.2 Å². The zero-order chi connectivity index (χ0) is 19.3. The van der Waals surface area contributed by atoms with Crippen LogP contribution in [0.4, 0.5) is 5.69 Å². The molecule has 0 atom stereocenters. The monoisotopic (exact) mass is 459 g/mol. The molecular weight excluding hydrogens is 442 g/mol. The normalized spacial score (nSPS) is 12.5. The molecule has 0 amide bonds. The van der Waals surface area contributed by atoms with Crippen molar-refractivity contribution in [2.24, 2.45) is 0 Å². The highest BCUT2D eigenvalue weighted by Gasteiger charge is 2.11. The lowest BCUT2D eigenvalue weighted by atomic mass is 10.2. The van der Waals surface area contributed by atoms with E-state index in [-0.39, 0.29) is 0 Å². The van der Waals surface area contributed by atoms with Crippen LogP contribution in [0.5, 0.6) is 17.2 Å². The van der Waals surface area contributed by atoms with E-state index in [1.165, 1.54) is 0 Å². The average molecular weight is 461 g/mol. The van der Waals surface area contributed by atoms with Crippen molar-refractivity contribution in [3.8, 4) is 17.2 Å². The van der Waals surface area contributed by atoms with E-state index in [1.807, 2.05) is 54.6 Å². The van der Waals surface area contributed by atoms with Gasteiger partial charge in [-0.1, -0.05) is 29.8 Å². The molecule has 4 rings (SSSR count). The Labute approximate surface area is 177 Å². The molecule has 0 aliphatic carbocycles. The second-order valence-corrected chi connectivity index (χ2v) is 7.68. The number of hydrogen-bond acceptors (Lipinski definition) is 4. The molecule has 1 aliphatic rings. The van der Waals surface area contributed by atoms with E-state index in [1.54, 1.807) is 0 Å². The van der Waals surface area contributed by atoms with Crippen LogP contribution in [0.3, 0.4) is 0 Å². The van der Waals surface area contributed by atoms with Crippen molar-refractivity contribution in [1.82, 2.24) is 0 Å². The number of nitrogens with one attached hydrogen (secondary N) is 1. The first-order chi connectivity index (χ1) is 13.7. The minimum absolute atomic E-state index is 0.491. The van der Waals surface area contributed by atoms with Gasteiger partial charge in [-0.05, 0) is 63.5 Å². The summed E-state index contributed by atoms with van der Waals surface area (Å²) in [7, 11) is 0. The SMILES string of the molecule is Clc1ccc(COc2ccc(CNc3ccc4c(c3)OCCO4)cc2Br)cc1. The standard InChI is InChI=1S/C22H19BrClNO3/c23-19-11-16(3-7-20(19)28-14-15-1-4-17(24)5-2-15)13-25-18-6-8-21-22(12-18)27-10-9-26-21/h1-8,11-12,25H,9-10,13-14H2. The van der Waals surface area contributed by atoms with Gasteiger partial charge in [0.2, 0.25) is 0 Å². The maximum Gasteiger partial charge on any atom is 0.163 e. The van der Waals surface area contributed by atoms with Crippen LogP contribution in [0.1, 0.15) is 11.1 Å². The molecule has 0 aromatic heterocycles. The first-order valence-electron chi connectivity index (χ1n) is 8.96. The number of fused-ring (bicyclic) bond motifs is 1. The van der Waals surface area contributed by atoms with Gasteiger partial charge < -0.3 is 19.5 Å². The van der Waals surface area contributed by atoms with E-state index in [2.05, 4.69) is 27.3 Å². The van der Waals surface area contributed by atoms with Gasteiger partial charge in [0, 0.05) is 23.3 Å². The highest BCUT2D eigenvalue weighted by Crippen LogP contribution is 2.33. The van der Waals surface area contributed by atoms with Gasteiger partial charge in [0.1, 0.15) is 25.6 Å². The second kappa shape index (κ2) is 8.76. The van der Waals surface area contributed by atoms with Gasteiger partial charge in [-0.2, -0.15) is 0 Å². The lowest BCUT2D eigenvalue weighted by molar-refractivity contribution is 0.171. The Kier molecular flexibility index (Phi) is 5.93. The van der Waals surface area contributed by atoms with E-state index in [9.17, 15) is 0 Å². The predicted octanol–water partition coefficient (Wildman–Crippen LogP) is 6.06. The number of anilines is 1. The molecule has 0 unspecified atom stereocenters. The van der Waals surface area contributed by atoms with Gasteiger partial charge in [0.05, 0.1) is 4.47 Å². The molecule has 0 radical (unpaired) electrons. The second-order valence-electron chi connectivity index (χ2n) is 6.39. The molecule has 0 fully saturated rings. The lowest BCUT2D eigenvalue weighted by Crippen LogP contribution is -2.15. The highest BCUT2D eigenvalue weighted by molar-refractivity contribution is 9.10. The fourth-order valence-corrected chi connectivity index (χ4v) is 3.54. The van der Waals surface area contributed by atoms with Gasteiger partial charge in [-0.3, -0.25) is 0 Å². The largest absolute Gasteiger partial charge is 0.488 e. The molecule has 144 valence electrons. The summed E-state index contributed by atoms with van der Waals surface area (Å²) in [6.45, 7) is 2.36. The molecule has 3 aromatic rings. The van der Waals surface area contributed by atoms with E-state index >= 15 is 0 Å². The smallest absolute Gasteiger partial charge is 0.163 e. The number of halogens is 2. The van der Waals surface area contributed by atoms with Crippen molar-refractivity contribution in [3.05, 3.63) is 81.3 Å². The van der Waals surface area contributed by atoms with Crippen molar-refractivity contribution in [1.29, 1.82) is 0 Å². The molecule has 0 saturated heterocycles. The summed E-state index contributed by atoms with van der Waals surface area (Å²) in [5.74, 6) is 2.38. The van der Waals surface area contributed by atoms with Crippen molar-refractivity contribution in [2.75, 3.05) is 18.5 Å². The van der Waals surface area contributed by atoms with Crippen LogP contribution in [0.15, 0.2) is 65.1 Å². The van der Waals surface area contributed by atoms with Crippen LogP contribution in [-0.2, 0) is 13.2 Å². The van der Waals surface area contributed by atoms with Crippen molar-refractivity contribution in [2.45, 2.75) is 13.2 Å². The molecule has 6 heteroatoms. The van der Waals surface area contributed by atoms with Crippen LogP contribution in [0.2, 0.25) is 5.02 Å². The first kappa shape index (κ1) is 19.0. The first-order valence-corrected chi connectivity index (χ1v) is 10.1. The lowest BCUT2D eigenvalue weighted by Gasteiger charge is -2.19. The quantitative estimate of drug-likeness (QED) is 0.485. The summed E-state index contributed by atoms with van der Waals surface area (Å²) in [4.78, 5) is 0. The molecule has 1 N–H and O–H groups in total. The van der Waals surface area contributed by atoms with Crippen LogP contribution >= 0.6 is 27.5 Å². The molecule has 0 spiro atoms. The summed E-state index contributed by atoms with van der Waals surface area (Å²) in [5, 5.41) is 4.13. The molecule has 3 aromatic carbocycles. The number of benzene rings is 3. The average Bonchev–Trinajstić information content (AvgIpc) is 2.72. The topological polar surface area (TPSA) is 39.7 Å². The van der Waals surface area contributed by atoms with E-state index in [0.717, 1.165) is 43.6 Å². The number of hydrogen-bond donors (Lipinski definition) is 1. The van der Waals surface area contributed by atoms with Gasteiger partial charge in [-0.25, -0.2) is 0 Å². The summed E-state index contributed by atoms with van der Waals surface area (Å²) in [6.07, 6.45) is 0. The number of rotatable bonds is 6. The molecule has 0 saturated carbocycles. The van der Waals surface area contributed by atoms with Crippen LogP contribution < -0.4 is 19.5 Å². The van der Waals surface area contributed by atoms with Gasteiger partial charge in [0.15, 0.2) is 11.5 Å². The number of ether oxygens (including phenoxy) is 3. The Balaban J connectivity index is 1.35. The zero-order valence-electron chi connectivity index (χ0n) is 15.1. The zero-order valence-corrected chi connectivity index (χ0v) is 17.4. The predicted molar refractivity (Wildman–Crippen MR) is 115 cm³/mol. The van der Waals surface area contributed by atoms with Crippen molar-refractivity contribution < 1.29 is 14.2 Å². The van der Waals surface area contributed by atoms with E-state index in [0.29, 0.717) is 26.4 Å². The summed E-state index contributed by atoms with van der Waals surface area (Å²) >= 11 is 9.51. The maximum absolute atomic E-state index is 5.91. The molecule has 4 nitrogen and oxygen atoms in total. The Morgan fingerprint density at radius 3 is 2.43 bits per heavy atom. The van der Waals surface area contributed by atoms with Gasteiger partial charge in [-0.15, -0.1) is 0 Å². The van der Waals surface area contributed by atoms with E-state index in [4.69, 9.17) is 25.8 Å². The molecule has 0 bridgehead atoms. The maximum atomic E-state index is 5.91. The minimum Gasteiger partial charge on any atom is -0.488 e. The summed E-state index contributed by atoms with van der Waals surface area (Å²) in [5.41, 5.74) is 3.20. The Bertz CT molecular complexity index is 962. The van der Waals surface area contributed by atoms with Crippen molar-refractivity contribution in [3.63, 3.8) is 0 Å². The Morgan fingerprint density at radius 1 is 0.893 bits per heavy atom. The van der Waals surface area contributed by atoms with Gasteiger partial charge in [0.25, 0.3) is 0 Å².